The van der Waals surface area contributed by atoms with Crippen molar-refractivity contribution in [3.63, 3.8) is 0 Å². The van der Waals surface area contributed by atoms with E-state index >= 15 is 0 Å². The Morgan fingerprint density at radius 1 is 0.585 bits per heavy atom. The molecule has 0 bridgehead atoms. The Balaban J connectivity index is 1.64. The Morgan fingerprint density at radius 2 is 1.05 bits per heavy atom. The van der Waals surface area contributed by atoms with Gasteiger partial charge in [0.2, 0.25) is 11.4 Å². The molecule has 0 fully saturated rings. The molecular weight excluding hydrogens is 516 g/mol. The highest BCUT2D eigenvalue weighted by atomic mass is 19.1. The maximum Gasteiger partial charge on any atom is 0.224 e. The zero-order valence-corrected chi connectivity index (χ0v) is 21.2. The summed E-state index contributed by atoms with van der Waals surface area (Å²) in [6.45, 7) is 14.7. The minimum absolute atomic E-state index is 0.198. The van der Waals surface area contributed by atoms with Gasteiger partial charge in [-0.05, 0) is 70.8 Å². The monoisotopic (exact) mass is 531 g/mol. The van der Waals surface area contributed by atoms with Gasteiger partial charge in [-0.3, -0.25) is 0 Å². The third-order valence-electron chi connectivity index (χ3n) is 7.04. The van der Waals surface area contributed by atoms with Gasteiger partial charge in [-0.2, -0.15) is 10.5 Å². The Morgan fingerprint density at radius 3 is 1.46 bits per heavy atom. The van der Waals surface area contributed by atoms with Crippen molar-refractivity contribution >= 4 is 33.2 Å². The van der Waals surface area contributed by atoms with Crippen LogP contribution in [0.5, 0.6) is 0 Å². The van der Waals surface area contributed by atoms with Gasteiger partial charge < -0.3 is 4.57 Å². The summed E-state index contributed by atoms with van der Waals surface area (Å²) in [7, 11) is 0. The lowest BCUT2D eigenvalue weighted by Crippen LogP contribution is -1.94. The standard InChI is InChI=1S/C34H15F2N5/c1-39-29-14-22(12-24(18-37)33(29)35)20-8-10-27-28-11-9-21(23-13-25(19-38)34(36)30(15-23)40-2)17-32(28)41(31(27)16-20)26-6-4-3-5-7-26/h3-17H. The van der Waals surface area contributed by atoms with Crippen molar-refractivity contribution in [3.05, 3.63) is 137 Å². The van der Waals surface area contributed by atoms with Crippen LogP contribution < -0.4 is 0 Å². The van der Waals surface area contributed by atoms with Gasteiger partial charge in [-0.25, -0.2) is 18.5 Å². The lowest BCUT2D eigenvalue weighted by molar-refractivity contribution is 0.629. The van der Waals surface area contributed by atoms with E-state index in [1.54, 1.807) is 0 Å². The fourth-order valence-electron chi connectivity index (χ4n) is 5.11. The molecule has 190 valence electrons. The van der Waals surface area contributed by atoms with Gasteiger partial charge in [0, 0.05) is 16.5 Å². The van der Waals surface area contributed by atoms with E-state index in [2.05, 4.69) is 14.3 Å². The summed E-state index contributed by atoms with van der Waals surface area (Å²) in [6, 6.07) is 30.6. The molecule has 41 heavy (non-hydrogen) atoms. The molecule has 1 aromatic heterocycles. The van der Waals surface area contributed by atoms with Crippen LogP contribution in [0.15, 0.2) is 91.0 Å². The largest absolute Gasteiger partial charge is 0.309 e. The van der Waals surface area contributed by atoms with Gasteiger partial charge in [0.1, 0.15) is 23.8 Å². The summed E-state index contributed by atoms with van der Waals surface area (Å²) >= 11 is 0. The molecule has 5 nitrogen and oxygen atoms in total. The van der Waals surface area contributed by atoms with Gasteiger partial charge in [-0.15, -0.1) is 0 Å². The summed E-state index contributed by atoms with van der Waals surface area (Å²) in [5.41, 5.74) is 4.22. The van der Waals surface area contributed by atoms with E-state index < -0.39 is 11.6 Å². The molecule has 5 aromatic carbocycles. The number of hydrogen-bond acceptors (Lipinski definition) is 2. The first-order valence-electron chi connectivity index (χ1n) is 12.3. The lowest BCUT2D eigenvalue weighted by atomic mass is 9.99. The van der Waals surface area contributed by atoms with Crippen molar-refractivity contribution in [1.82, 2.24) is 4.57 Å². The molecule has 0 aliphatic carbocycles. The molecule has 0 spiro atoms. The lowest BCUT2D eigenvalue weighted by Gasteiger charge is -2.11. The smallest absolute Gasteiger partial charge is 0.224 e. The molecule has 0 amide bonds. The molecule has 0 radical (unpaired) electrons. The van der Waals surface area contributed by atoms with E-state index in [0.29, 0.717) is 22.3 Å². The third kappa shape index (κ3) is 4.03. The number of hydrogen-bond donors (Lipinski definition) is 0. The summed E-state index contributed by atoms with van der Waals surface area (Å²) in [4.78, 5) is 6.50. The van der Waals surface area contributed by atoms with Crippen LogP contribution in [0.3, 0.4) is 0 Å². The van der Waals surface area contributed by atoms with Crippen LogP contribution in [0.1, 0.15) is 11.1 Å². The van der Waals surface area contributed by atoms with Crippen molar-refractivity contribution in [2.45, 2.75) is 0 Å². The Labute approximate surface area is 233 Å². The van der Waals surface area contributed by atoms with Crippen molar-refractivity contribution in [2.24, 2.45) is 0 Å². The average molecular weight is 532 g/mol. The molecule has 0 atom stereocenters. The topological polar surface area (TPSA) is 61.2 Å². The summed E-state index contributed by atoms with van der Waals surface area (Å²) in [5.74, 6) is -1.67. The average Bonchev–Trinajstić information content (AvgIpc) is 3.34. The van der Waals surface area contributed by atoms with Crippen LogP contribution in [-0.2, 0) is 0 Å². The Hall–Kier alpha value is -6.28. The summed E-state index contributed by atoms with van der Waals surface area (Å²) in [6.07, 6.45) is 0. The zero-order chi connectivity index (χ0) is 28.7. The molecule has 6 aromatic rings. The van der Waals surface area contributed by atoms with Crippen molar-refractivity contribution in [1.29, 1.82) is 10.5 Å². The first-order chi connectivity index (χ1) is 20.0. The van der Waals surface area contributed by atoms with Crippen molar-refractivity contribution < 1.29 is 8.78 Å². The predicted molar refractivity (Wildman–Crippen MR) is 154 cm³/mol. The van der Waals surface area contributed by atoms with E-state index in [9.17, 15) is 19.3 Å². The molecule has 0 unspecified atom stereocenters. The maximum absolute atomic E-state index is 14.4. The molecule has 0 aliphatic heterocycles. The number of benzene rings is 5. The van der Waals surface area contributed by atoms with Crippen LogP contribution in [0.4, 0.5) is 20.2 Å². The summed E-state index contributed by atoms with van der Waals surface area (Å²) in [5, 5.41) is 20.7. The quantitative estimate of drug-likeness (QED) is 0.214. The number of rotatable bonds is 3. The molecule has 1 heterocycles. The molecule has 0 saturated heterocycles. The second kappa shape index (κ2) is 9.79. The van der Waals surface area contributed by atoms with Gasteiger partial charge in [0.05, 0.1) is 35.3 Å². The van der Waals surface area contributed by atoms with Gasteiger partial charge in [0.15, 0.2) is 0 Å². The van der Waals surface area contributed by atoms with Gasteiger partial charge in [-0.1, -0.05) is 42.5 Å². The predicted octanol–water partition coefficient (Wildman–Crippen LogP) is 9.24. The first-order valence-corrected chi connectivity index (χ1v) is 12.3. The van der Waals surface area contributed by atoms with Gasteiger partial charge in [0.25, 0.3) is 0 Å². The fraction of sp³-hybridized carbons (Fsp3) is 0. The Bertz CT molecular complexity index is 2010. The number of aromatic nitrogens is 1. The highest BCUT2D eigenvalue weighted by Crippen LogP contribution is 2.39. The molecule has 7 heteroatoms. The molecule has 0 saturated carbocycles. The van der Waals surface area contributed by atoms with Crippen LogP contribution >= 0.6 is 0 Å². The van der Waals surface area contributed by atoms with E-state index in [0.717, 1.165) is 27.5 Å². The SMILES string of the molecule is [C-]#[N+]c1cc(-c2ccc3c4ccc(-c5cc(C#N)c(F)c([N+]#[C-])c5)cc4n(-c4ccccc4)c3c2)cc(C#N)c1F. The highest BCUT2D eigenvalue weighted by Gasteiger charge is 2.18. The Kier molecular flexibility index (Phi) is 5.98. The molecule has 0 N–H and O–H groups in total. The molecule has 6 rings (SSSR count). The summed E-state index contributed by atoms with van der Waals surface area (Å²) < 4.78 is 31.0. The van der Waals surface area contributed by atoms with E-state index in [1.807, 2.05) is 78.9 Å². The number of para-hydroxylation sites is 1. The second-order valence-corrected chi connectivity index (χ2v) is 9.30. The van der Waals surface area contributed by atoms with Crippen LogP contribution in [0.2, 0.25) is 0 Å². The number of fused-ring (bicyclic) bond motifs is 3. The normalized spacial score (nSPS) is 10.6. The van der Waals surface area contributed by atoms with Crippen molar-refractivity contribution in [2.75, 3.05) is 0 Å². The second-order valence-electron chi connectivity index (χ2n) is 9.30. The number of halogens is 2. The van der Waals surface area contributed by atoms with E-state index in [-0.39, 0.29) is 22.5 Å². The van der Waals surface area contributed by atoms with Crippen LogP contribution in [0.25, 0.3) is 59.4 Å². The number of nitriles is 2. The van der Waals surface area contributed by atoms with Crippen LogP contribution in [-0.4, -0.2) is 4.57 Å². The van der Waals surface area contributed by atoms with E-state index in [1.165, 1.54) is 24.3 Å². The van der Waals surface area contributed by atoms with E-state index in [4.69, 9.17) is 13.1 Å². The van der Waals surface area contributed by atoms with Gasteiger partial charge >= 0.3 is 0 Å². The zero-order valence-electron chi connectivity index (χ0n) is 21.2. The maximum atomic E-state index is 14.4. The van der Waals surface area contributed by atoms with Crippen molar-refractivity contribution in [3.8, 4) is 40.1 Å². The molecule has 0 aliphatic rings. The third-order valence-corrected chi connectivity index (χ3v) is 7.04. The van der Waals surface area contributed by atoms with Crippen LogP contribution in [0, 0.1) is 47.4 Å². The molecular formula is C34H15F2N5. The highest BCUT2D eigenvalue weighted by molar-refractivity contribution is 6.11. The minimum Gasteiger partial charge on any atom is -0.309 e. The minimum atomic E-state index is -0.833. The number of nitrogens with zero attached hydrogens (tertiary/aromatic N) is 5. The fourth-order valence-corrected chi connectivity index (χ4v) is 5.11. The first kappa shape index (κ1) is 25.0.